The van der Waals surface area contributed by atoms with Crippen LogP contribution in [0.25, 0.3) is 0 Å². The van der Waals surface area contributed by atoms with Crippen molar-refractivity contribution in [2.75, 3.05) is 5.73 Å². The summed E-state index contributed by atoms with van der Waals surface area (Å²) in [5.41, 5.74) is 5.83. The Labute approximate surface area is 85.4 Å². The minimum Gasteiger partial charge on any atom is -0.383 e. The van der Waals surface area contributed by atoms with Gasteiger partial charge in [0, 0.05) is 24.2 Å². The number of anilines is 1. The fourth-order valence-corrected chi connectivity index (χ4v) is 1.17. The second-order valence-corrected chi connectivity index (χ2v) is 3.01. The summed E-state index contributed by atoms with van der Waals surface area (Å²) < 4.78 is 1.44. The van der Waals surface area contributed by atoms with Crippen LogP contribution < -0.4 is 11.4 Å². The van der Waals surface area contributed by atoms with Gasteiger partial charge in [-0.05, 0) is 6.07 Å². The van der Waals surface area contributed by atoms with Gasteiger partial charge in [0.2, 0.25) is 0 Å². The standard InChI is InChI=1S/C9H9N5O/c10-8-1-2-14(9(15)13-8)5-7-3-11-6-12-4-7/h1-4,6H,5H2,(H2,10,13,15). The van der Waals surface area contributed by atoms with Crippen molar-refractivity contribution in [3.8, 4) is 0 Å². The molecule has 0 aliphatic rings. The van der Waals surface area contributed by atoms with Gasteiger partial charge in [0.05, 0.1) is 6.54 Å². The van der Waals surface area contributed by atoms with E-state index >= 15 is 0 Å². The van der Waals surface area contributed by atoms with Gasteiger partial charge in [-0.2, -0.15) is 4.98 Å². The monoisotopic (exact) mass is 203 g/mol. The number of hydrogen-bond acceptors (Lipinski definition) is 5. The summed E-state index contributed by atoms with van der Waals surface area (Å²) in [5, 5.41) is 0. The first-order chi connectivity index (χ1) is 7.25. The zero-order valence-electron chi connectivity index (χ0n) is 7.87. The molecule has 2 aromatic heterocycles. The van der Waals surface area contributed by atoms with Crippen LogP contribution in [-0.4, -0.2) is 19.5 Å². The molecular weight excluding hydrogens is 194 g/mol. The molecule has 0 saturated heterocycles. The molecule has 0 aromatic carbocycles. The summed E-state index contributed by atoms with van der Waals surface area (Å²) in [6.45, 7) is 0.396. The Kier molecular flexibility index (Phi) is 2.40. The van der Waals surface area contributed by atoms with Gasteiger partial charge in [-0.1, -0.05) is 0 Å². The van der Waals surface area contributed by atoms with E-state index in [-0.39, 0.29) is 11.5 Å². The summed E-state index contributed by atoms with van der Waals surface area (Å²) in [4.78, 5) is 22.7. The molecule has 6 nitrogen and oxygen atoms in total. The van der Waals surface area contributed by atoms with Crippen LogP contribution >= 0.6 is 0 Å². The average molecular weight is 203 g/mol. The third-order valence-electron chi connectivity index (χ3n) is 1.86. The highest BCUT2D eigenvalue weighted by atomic mass is 16.1. The lowest BCUT2D eigenvalue weighted by Crippen LogP contribution is -2.23. The van der Waals surface area contributed by atoms with Gasteiger partial charge in [0.1, 0.15) is 12.1 Å². The molecule has 0 fully saturated rings. The van der Waals surface area contributed by atoms with Crippen LogP contribution in [0.2, 0.25) is 0 Å². The molecule has 6 heteroatoms. The van der Waals surface area contributed by atoms with Crippen LogP contribution in [0.4, 0.5) is 5.82 Å². The number of nitrogen functional groups attached to an aromatic ring is 1. The second-order valence-electron chi connectivity index (χ2n) is 3.01. The Hall–Kier alpha value is -2.24. The zero-order valence-corrected chi connectivity index (χ0v) is 7.87. The first kappa shape index (κ1) is 9.32. The molecule has 0 unspecified atom stereocenters. The van der Waals surface area contributed by atoms with Gasteiger partial charge in [0.25, 0.3) is 0 Å². The molecule has 2 N–H and O–H groups in total. The number of aromatic nitrogens is 4. The number of hydrogen-bond donors (Lipinski definition) is 1. The molecule has 0 saturated carbocycles. The maximum atomic E-state index is 11.4. The van der Waals surface area contributed by atoms with E-state index in [1.807, 2.05) is 0 Å². The van der Waals surface area contributed by atoms with Crippen molar-refractivity contribution in [2.45, 2.75) is 6.54 Å². The Morgan fingerprint density at radius 1 is 1.33 bits per heavy atom. The van der Waals surface area contributed by atoms with Crippen LogP contribution in [0.5, 0.6) is 0 Å². The molecule has 2 aromatic rings. The van der Waals surface area contributed by atoms with Crippen LogP contribution in [0.3, 0.4) is 0 Å². The van der Waals surface area contributed by atoms with Crippen molar-refractivity contribution in [2.24, 2.45) is 0 Å². The predicted octanol–water partition coefficient (Wildman–Crippen LogP) is -0.336. The van der Waals surface area contributed by atoms with E-state index in [9.17, 15) is 4.79 Å². The van der Waals surface area contributed by atoms with Crippen molar-refractivity contribution >= 4 is 5.82 Å². The first-order valence-electron chi connectivity index (χ1n) is 4.32. The fraction of sp³-hybridized carbons (Fsp3) is 0.111. The first-order valence-corrected chi connectivity index (χ1v) is 4.32. The minimum absolute atomic E-state index is 0.223. The van der Waals surface area contributed by atoms with E-state index in [2.05, 4.69) is 15.0 Å². The third kappa shape index (κ3) is 2.16. The molecule has 15 heavy (non-hydrogen) atoms. The summed E-state index contributed by atoms with van der Waals surface area (Å²) in [6.07, 6.45) is 6.33. The summed E-state index contributed by atoms with van der Waals surface area (Å²) in [5.74, 6) is 0.223. The van der Waals surface area contributed by atoms with Gasteiger partial charge in [-0.25, -0.2) is 14.8 Å². The topological polar surface area (TPSA) is 86.7 Å². The van der Waals surface area contributed by atoms with E-state index in [1.54, 1.807) is 24.7 Å². The molecular formula is C9H9N5O. The van der Waals surface area contributed by atoms with Gasteiger partial charge in [-0.15, -0.1) is 0 Å². The van der Waals surface area contributed by atoms with Gasteiger partial charge < -0.3 is 5.73 Å². The highest BCUT2D eigenvalue weighted by Gasteiger charge is 1.99. The Morgan fingerprint density at radius 2 is 2.07 bits per heavy atom. The molecule has 0 atom stereocenters. The molecule has 76 valence electrons. The van der Waals surface area contributed by atoms with Gasteiger partial charge >= 0.3 is 5.69 Å². The van der Waals surface area contributed by atoms with Crippen molar-refractivity contribution in [3.63, 3.8) is 0 Å². The van der Waals surface area contributed by atoms with Gasteiger partial charge in [0.15, 0.2) is 0 Å². The van der Waals surface area contributed by atoms with Gasteiger partial charge in [-0.3, -0.25) is 4.57 Å². The molecule has 0 radical (unpaired) electrons. The molecule has 0 aliphatic carbocycles. The lowest BCUT2D eigenvalue weighted by molar-refractivity contribution is 0.723. The molecule has 0 aliphatic heterocycles. The van der Waals surface area contributed by atoms with E-state index in [0.29, 0.717) is 6.54 Å². The summed E-state index contributed by atoms with van der Waals surface area (Å²) in [7, 11) is 0. The largest absolute Gasteiger partial charge is 0.383 e. The smallest absolute Gasteiger partial charge is 0.349 e. The fourth-order valence-electron chi connectivity index (χ4n) is 1.17. The zero-order chi connectivity index (χ0) is 10.7. The third-order valence-corrected chi connectivity index (χ3v) is 1.86. The Morgan fingerprint density at radius 3 is 2.73 bits per heavy atom. The number of nitrogens with two attached hydrogens (primary N) is 1. The van der Waals surface area contributed by atoms with E-state index in [4.69, 9.17) is 5.73 Å². The van der Waals surface area contributed by atoms with Crippen molar-refractivity contribution in [1.82, 2.24) is 19.5 Å². The lowest BCUT2D eigenvalue weighted by atomic mass is 10.3. The number of rotatable bonds is 2. The van der Waals surface area contributed by atoms with Crippen molar-refractivity contribution < 1.29 is 0 Å². The van der Waals surface area contributed by atoms with Crippen LogP contribution in [0.15, 0.2) is 35.8 Å². The summed E-state index contributed by atoms with van der Waals surface area (Å²) in [6, 6.07) is 1.57. The number of nitrogens with zero attached hydrogens (tertiary/aromatic N) is 4. The summed E-state index contributed by atoms with van der Waals surface area (Å²) >= 11 is 0. The highest BCUT2D eigenvalue weighted by Crippen LogP contribution is 1.96. The van der Waals surface area contributed by atoms with E-state index in [1.165, 1.54) is 10.9 Å². The van der Waals surface area contributed by atoms with Crippen molar-refractivity contribution in [1.29, 1.82) is 0 Å². The Bertz CT molecular complexity index is 507. The van der Waals surface area contributed by atoms with E-state index < -0.39 is 0 Å². The SMILES string of the molecule is Nc1ccn(Cc2cncnc2)c(=O)n1. The quantitative estimate of drug-likeness (QED) is 0.721. The van der Waals surface area contributed by atoms with E-state index in [0.717, 1.165) is 5.56 Å². The molecule has 2 rings (SSSR count). The lowest BCUT2D eigenvalue weighted by Gasteiger charge is -2.03. The minimum atomic E-state index is -0.376. The average Bonchev–Trinajstić information content (AvgIpc) is 2.24. The van der Waals surface area contributed by atoms with Crippen molar-refractivity contribution in [3.05, 3.63) is 47.0 Å². The molecule has 0 bridgehead atoms. The maximum Gasteiger partial charge on any atom is 0.349 e. The normalized spacial score (nSPS) is 10.1. The molecule has 0 spiro atoms. The maximum absolute atomic E-state index is 11.4. The molecule has 0 amide bonds. The predicted molar refractivity (Wildman–Crippen MR) is 54.0 cm³/mol. The molecule has 2 heterocycles. The Balaban J connectivity index is 2.29. The van der Waals surface area contributed by atoms with Crippen LogP contribution in [0, 0.1) is 0 Å². The highest BCUT2D eigenvalue weighted by molar-refractivity contribution is 5.23. The van der Waals surface area contributed by atoms with Crippen LogP contribution in [0.1, 0.15) is 5.56 Å². The van der Waals surface area contributed by atoms with Crippen LogP contribution in [-0.2, 0) is 6.54 Å². The second kappa shape index (κ2) is 3.87.